The Balaban J connectivity index is 4.58. The fourth-order valence-electron chi connectivity index (χ4n) is 7.07. The van der Waals surface area contributed by atoms with Gasteiger partial charge in [-0.1, -0.05) is 207 Å². The number of carbonyl (C=O) groups excluding carboxylic acids is 3. The third kappa shape index (κ3) is 52.9. The summed E-state index contributed by atoms with van der Waals surface area (Å²) in [5.74, 6) is -1.04. The summed E-state index contributed by atoms with van der Waals surface area (Å²) >= 11 is 0. The topological polar surface area (TPSA) is 78.9 Å². The predicted octanol–water partition coefficient (Wildman–Crippen LogP) is 18.3. The molecule has 0 saturated heterocycles. The standard InChI is InChI=1S/C61H100O6/c1-4-7-10-13-16-19-22-25-28-30-33-35-38-41-44-47-50-53-59(62)65-56-58(67-61(64)55-52-49-46-43-40-37-32-27-24-21-18-15-12-9-6-3)57-66-60(63)54-51-48-45-42-39-36-34-31-29-26-23-20-17-14-11-8-5-2/h16-17,19-21,24-26,28-29,33-36,41-42,44-45,58H,4-15,18,22-23,27,30-32,37-40,43,46-57H2,1-3H3/b19-16-,20-17-,24-21-,28-25-,29-26-,35-33-,36-34-,44-41-,45-42-. The van der Waals surface area contributed by atoms with E-state index in [1.807, 2.05) is 0 Å². The van der Waals surface area contributed by atoms with E-state index in [9.17, 15) is 14.4 Å². The smallest absolute Gasteiger partial charge is 0.306 e. The molecule has 0 N–H and O–H groups in total. The summed E-state index contributed by atoms with van der Waals surface area (Å²) < 4.78 is 16.7. The minimum absolute atomic E-state index is 0.127. The first-order valence-electron chi connectivity index (χ1n) is 27.4. The number of esters is 3. The highest BCUT2D eigenvalue weighted by atomic mass is 16.6. The molecular weight excluding hydrogens is 829 g/mol. The predicted molar refractivity (Wildman–Crippen MR) is 288 cm³/mol. The molecule has 0 aromatic heterocycles. The number of carbonyl (C=O) groups is 3. The van der Waals surface area contributed by atoms with Crippen LogP contribution < -0.4 is 0 Å². The molecule has 0 aliphatic carbocycles. The van der Waals surface area contributed by atoms with Crippen molar-refractivity contribution in [3.63, 3.8) is 0 Å². The van der Waals surface area contributed by atoms with Gasteiger partial charge in [0.15, 0.2) is 6.10 Å². The Morgan fingerprint density at radius 1 is 0.299 bits per heavy atom. The molecule has 0 aromatic carbocycles. The van der Waals surface area contributed by atoms with Gasteiger partial charge >= 0.3 is 17.9 Å². The highest BCUT2D eigenvalue weighted by Gasteiger charge is 2.19. The van der Waals surface area contributed by atoms with Crippen LogP contribution in [0.5, 0.6) is 0 Å². The van der Waals surface area contributed by atoms with Crippen molar-refractivity contribution in [1.82, 2.24) is 0 Å². The normalized spacial score (nSPS) is 12.5. The van der Waals surface area contributed by atoms with E-state index in [1.54, 1.807) is 0 Å². The average Bonchev–Trinajstić information content (AvgIpc) is 3.33. The monoisotopic (exact) mass is 929 g/mol. The van der Waals surface area contributed by atoms with E-state index in [1.165, 1.54) is 116 Å². The van der Waals surface area contributed by atoms with E-state index in [0.29, 0.717) is 19.3 Å². The molecule has 0 aliphatic rings. The van der Waals surface area contributed by atoms with Crippen molar-refractivity contribution in [2.45, 2.75) is 245 Å². The van der Waals surface area contributed by atoms with Crippen LogP contribution in [0.1, 0.15) is 239 Å². The first-order valence-corrected chi connectivity index (χ1v) is 27.4. The van der Waals surface area contributed by atoms with Gasteiger partial charge in [0.05, 0.1) is 0 Å². The Hall–Kier alpha value is -3.93. The zero-order chi connectivity index (χ0) is 48.6. The van der Waals surface area contributed by atoms with E-state index in [2.05, 4.69) is 130 Å². The Bertz CT molecular complexity index is 1310. The Kier molecular flexibility index (Phi) is 51.5. The van der Waals surface area contributed by atoms with Gasteiger partial charge in [-0.15, -0.1) is 0 Å². The summed E-state index contributed by atoms with van der Waals surface area (Å²) in [5, 5.41) is 0. The maximum Gasteiger partial charge on any atom is 0.306 e. The van der Waals surface area contributed by atoms with Crippen molar-refractivity contribution in [3.8, 4) is 0 Å². The molecule has 0 aromatic rings. The quantitative estimate of drug-likeness (QED) is 0.0262. The zero-order valence-corrected chi connectivity index (χ0v) is 43.4. The van der Waals surface area contributed by atoms with Crippen LogP contribution in [0.3, 0.4) is 0 Å². The molecule has 0 bridgehead atoms. The van der Waals surface area contributed by atoms with E-state index in [-0.39, 0.29) is 44.0 Å². The number of hydrogen-bond acceptors (Lipinski definition) is 6. The first kappa shape index (κ1) is 63.1. The lowest BCUT2D eigenvalue weighted by Crippen LogP contribution is -2.30. The van der Waals surface area contributed by atoms with Crippen molar-refractivity contribution in [2.75, 3.05) is 13.2 Å². The van der Waals surface area contributed by atoms with Gasteiger partial charge in [-0.3, -0.25) is 14.4 Å². The second kappa shape index (κ2) is 54.7. The molecule has 0 spiro atoms. The molecule has 67 heavy (non-hydrogen) atoms. The zero-order valence-electron chi connectivity index (χ0n) is 43.4. The molecule has 6 heteroatoms. The van der Waals surface area contributed by atoms with Crippen LogP contribution in [0.4, 0.5) is 0 Å². The van der Waals surface area contributed by atoms with Crippen LogP contribution in [-0.4, -0.2) is 37.2 Å². The summed E-state index contributed by atoms with van der Waals surface area (Å²) in [6.45, 7) is 6.46. The molecule has 0 aliphatic heterocycles. The molecule has 0 radical (unpaired) electrons. The van der Waals surface area contributed by atoms with Crippen LogP contribution in [0, 0.1) is 0 Å². The third-order valence-electron chi connectivity index (χ3n) is 11.2. The molecule has 0 fully saturated rings. The summed E-state index contributed by atoms with van der Waals surface area (Å²) in [6, 6.07) is 0. The van der Waals surface area contributed by atoms with Crippen LogP contribution in [0.2, 0.25) is 0 Å². The van der Waals surface area contributed by atoms with Gasteiger partial charge in [-0.2, -0.15) is 0 Å². The van der Waals surface area contributed by atoms with E-state index in [4.69, 9.17) is 14.2 Å². The fraction of sp³-hybridized carbons (Fsp3) is 0.656. The second-order valence-electron chi connectivity index (χ2n) is 17.8. The van der Waals surface area contributed by atoms with Gasteiger partial charge in [0, 0.05) is 19.3 Å². The Morgan fingerprint density at radius 2 is 0.552 bits per heavy atom. The number of unbranched alkanes of at least 4 members (excludes halogenated alkanes) is 19. The molecule has 0 unspecified atom stereocenters. The third-order valence-corrected chi connectivity index (χ3v) is 11.2. The molecule has 0 heterocycles. The first-order chi connectivity index (χ1) is 33.0. The molecule has 0 amide bonds. The van der Waals surface area contributed by atoms with E-state index >= 15 is 0 Å². The van der Waals surface area contributed by atoms with E-state index in [0.717, 1.165) is 70.6 Å². The summed E-state index contributed by atoms with van der Waals surface area (Å²) in [4.78, 5) is 38.0. The summed E-state index contributed by atoms with van der Waals surface area (Å²) in [5.41, 5.74) is 0. The molecule has 0 rings (SSSR count). The average molecular weight is 929 g/mol. The van der Waals surface area contributed by atoms with Gasteiger partial charge in [0.1, 0.15) is 13.2 Å². The summed E-state index contributed by atoms with van der Waals surface area (Å²) in [6.07, 6.45) is 73.6. The van der Waals surface area contributed by atoms with Crippen molar-refractivity contribution >= 4 is 17.9 Å². The minimum Gasteiger partial charge on any atom is -0.462 e. The van der Waals surface area contributed by atoms with Crippen LogP contribution >= 0.6 is 0 Å². The fourth-order valence-corrected chi connectivity index (χ4v) is 7.07. The molecule has 6 nitrogen and oxygen atoms in total. The van der Waals surface area contributed by atoms with Gasteiger partial charge in [-0.05, 0) is 122 Å². The highest BCUT2D eigenvalue weighted by molar-refractivity contribution is 5.71. The number of hydrogen-bond donors (Lipinski definition) is 0. The molecule has 0 saturated carbocycles. The number of ether oxygens (including phenoxy) is 3. The highest BCUT2D eigenvalue weighted by Crippen LogP contribution is 2.13. The Labute approximate surface area is 412 Å². The number of rotatable bonds is 48. The lowest BCUT2D eigenvalue weighted by Gasteiger charge is -2.18. The van der Waals surface area contributed by atoms with Crippen LogP contribution in [0.15, 0.2) is 109 Å². The van der Waals surface area contributed by atoms with Gasteiger partial charge in [0.2, 0.25) is 0 Å². The van der Waals surface area contributed by atoms with E-state index < -0.39 is 6.10 Å². The van der Waals surface area contributed by atoms with Gasteiger partial charge < -0.3 is 14.2 Å². The minimum atomic E-state index is -0.826. The SMILES string of the molecule is CCCCC/C=C\C/C=C\C/C=C\C/C=C\CCCC(=O)OCC(COC(=O)CCC/C=C\C/C=C\C/C=C\C/C=C\CCCCC)OC(=O)CCCCCCCCC/C=C\CCCCCC. The lowest BCUT2D eigenvalue weighted by molar-refractivity contribution is -0.167. The van der Waals surface area contributed by atoms with Crippen molar-refractivity contribution in [3.05, 3.63) is 109 Å². The molecule has 0 atom stereocenters. The summed E-state index contributed by atoms with van der Waals surface area (Å²) in [7, 11) is 0. The van der Waals surface area contributed by atoms with Gasteiger partial charge in [-0.25, -0.2) is 0 Å². The Morgan fingerprint density at radius 3 is 0.925 bits per heavy atom. The van der Waals surface area contributed by atoms with Crippen molar-refractivity contribution in [1.29, 1.82) is 0 Å². The second-order valence-corrected chi connectivity index (χ2v) is 17.8. The maximum absolute atomic E-state index is 12.8. The lowest BCUT2D eigenvalue weighted by atomic mass is 10.1. The maximum atomic E-state index is 12.8. The van der Waals surface area contributed by atoms with Crippen LogP contribution in [0.25, 0.3) is 0 Å². The van der Waals surface area contributed by atoms with Crippen molar-refractivity contribution in [2.24, 2.45) is 0 Å². The van der Waals surface area contributed by atoms with Crippen LogP contribution in [-0.2, 0) is 28.6 Å². The number of allylic oxidation sites excluding steroid dienone is 18. The molecule has 380 valence electrons. The largest absolute Gasteiger partial charge is 0.462 e. The molecular formula is C61H100O6. The van der Waals surface area contributed by atoms with Gasteiger partial charge in [0.25, 0.3) is 0 Å². The van der Waals surface area contributed by atoms with Crippen molar-refractivity contribution < 1.29 is 28.6 Å².